The zero-order valence-electron chi connectivity index (χ0n) is 21.7. The molecule has 4 aromatic heterocycles. The van der Waals surface area contributed by atoms with Crippen LogP contribution in [0.2, 0.25) is 0 Å². The summed E-state index contributed by atoms with van der Waals surface area (Å²) in [5, 5.41) is 9.33. The normalized spacial score (nSPS) is 11.3. The Morgan fingerprint density at radius 3 is 2.40 bits per heavy atom. The average Bonchev–Trinajstić information content (AvgIpc) is 3.41. The highest BCUT2D eigenvalue weighted by Gasteiger charge is 2.31. The van der Waals surface area contributed by atoms with Gasteiger partial charge in [-0.2, -0.15) is 18.3 Å². The highest BCUT2D eigenvalue weighted by Crippen LogP contribution is 2.36. The van der Waals surface area contributed by atoms with Gasteiger partial charge in [0.2, 0.25) is 0 Å². The SMILES string of the molecule is O=C(Nc1cnc(Oc2ccc(-c3cnn4ccc(I)nc34)cc2)nc1)Nc1cc(C(F)(F)F)ccc1-c1cccnc1. The van der Waals surface area contributed by atoms with Crippen LogP contribution in [-0.2, 0) is 6.18 Å². The van der Waals surface area contributed by atoms with Crippen molar-refractivity contribution in [3.8, 4) is 34.0 Å². The second kappa shape index (κ2) is 11.6. The van der Waals surface area contributed by atoms with Gasteiger partial charge in [-0.25, -0.2) is 24.3 Å². The van der Waals surface area contributed by atoms with Gasteiger partial charge in [0, 0.05) is 35.3 Å². The first-order valence-corrected chi connectivity index (χ1v) is 13.6. The second-order valence-corrected chi connectivity index (χ2v) is 10.1. The molecule has 0 saturated heterocycles. The minimum absolute atomic E-state index is 0.0302. The molecule has 2 N–H and O–H groups in total. The molecule has 2 aromatic carbocycles. The van der Waals surface area contributed by atoms with Crippen LogP contribution in [0.15, 0.2) is 97.8 Å². The van der Waals surface area contributed by atoms with E-state index < -0.39 is 17.8 Å². The van der Waals surface area contributed by atoms with Crippen LogP contribution >= 0.6 is 22.6 Å². The van der Waals surface area contributed by atoms with Gasteiger partial charge in [-0.1, -0.05) is 24.3 Å². The number of fused-ring (bicyclic) bond motifs is 1. The number of nitrogens with zero attached hydrogens (tertiary/aromatic N) is 6. The predicted octanol–water partition coefficient (Wildman–Crippen LogP) is 7.31. The molecule has 6 aromatic rings. The van der Waals surface area contributed by atoms with Gasteiger partial charge in [-0.05, 0) is 64.6 Å². The highest BCUT2D eigenvalue weighted by molar-refractivity contribution is 14.1. The Bertz CT molecular complexity index is 1920. The van der Waals surface area contributed by atoms with Gasteiger partial charge in [0.05, 0.1) is 35.5 Å². The fourth-order valence-corrected chi connectivity index (χ4v) is 4.56. The number of hydrogen-bond donors (Lipinski definition) is 2. The summed E-state index contributed by atoms with van der Waals surface area (Å²) in [4.78, 5) is 29.5. The van der Waals surface area contributed by atoms with Gasteiger partial charge >= 0.3 is 18.2 Å². The molecule has 0 unspecified atom stereocenters. The van der Waals surface area contributed by atoms with Gasteiger partial charge in [0.1, 0.15) is 9.45 Å². The minimum Gasteiger partial charge on any atom is -0.424 e. The monoisotopic (exact) mass is 694 g/mol. The second-order valence-electron chi connectivity index (χ2n) is 9.04. The van der Waals surface area contributed by atoms with Crippen molar-refractivity contribution in [2.45, 2.75) is 6.18 Å². The zero-order chi connectivity index (χ0) is 30.0. The van der Waals surface area contributed by atoms with E-state index in [1.165, 1.54) is 30.9 Å². The summed E-state index contributed by atoms with van der Waals surface area (Å²) >= 11 is 2.15. The number of pyridine rings is 1. The quantitative estimate of drug-likeness (QED) is 0.139. The molecule has 0 spiro atoms. The molecule has 0 fully saturated rings. The number of aromatic nitrogens is 6. The van der Waals surface area contributed by atoms with Crippen molar-refractivity contribution < 1.29 is 22.7 Å². The van der Waals surface area contributed by atoms with E-state index in [1.807, 2.05) is 24.4 Å². The third-order valence-electron chi connectivity index (χ3n) is 6.16. The molecule has 0 atom stereocenters. The molecule has 0 saturated carbocycles. The molecule has 0 radical (unpaired) electrons. The number of carbonyl (C=O) groups is 1. The van der Waals surface area contributed by atoms with Crippen molar-refractivity contribution in [3.05, 3.63) is 107 Å². The molecule has 2 amide bonds. The van der Waals surface area contributed by atoms with Crippen LogP contribution in [0.1, 0.15) is 5.56 Å². The zero-order valence-corrected chi connectivity index (χ0v) is 23.9. The van der Waals surface area contributed by atoms with E-state index in [2.05, 4.69) is 58.3 Å². The lowest BCUT2D eigenvalue weighted by molar-refractivity contribution is -0.137. The molecule has 14 heteroatoms. The molecule has 43 heavy (non-hydrogen) atoms. The lowest BCUT2D eigenvalue weighted by atomic mass is 10.0. The molecule has 214 valence electrons. The van der Waals surface area contributed by atoms with Crippen molar-refractivity contribution in [1.29, 1.82) is 0 Å². The number of alkyl halides is 3. The van der Waals surface area contributed by atoms with Gasteiger partial charge in [-0.15, -0.1) is 0 Å². The van der Waals surface area contributed by atoms with Crippen molar-refractivity contribution in [2.24, 2.45) is 0 Å². The average molecular weight is 694 g/mol. The number of amides is 2. The van der Waals surface area contributed by atoms with E-state index in [0.717, 1.165) is 32.6 Å². The lowest BCUT2D eigenvalue weighted by Crippen LogP contribution is -2.20. The van der Waals surface area contributed by atoms with Crippen molar-refractivity contribution in [3.63, 3.8) is 0 Å². The number of anilines is 2. The van der Waals surface area contributed by atoms with Crippen molar-refractivity contribution in [1.82, 2.24) is 29.5 Å². The fraction of sp³-hybridized carbons (Fsp3) is 0.0345. The molecule has 6 rings (SSSR count). The Morgan fingerprint density at radius 1 is 0.884 bits per heavy atom. The Balaban J connectivity index is 1.13. The Morgan fingerprint density at radius 2 is 1.67 bits per heavy atom. The Labute approximate surface area is 255 Å². The van der Waals surface area contributed by atoms with Crippen LogP contribution in [0.3, 0.4) is 0 Å². The summed E-state index contributed by atoms with van der Waals surface area (Å²) in [5.74, 6) is 0.480. The molecular formula is C29H18F3IN8O2. The molecule has 0 aliphatic heterocycles. The van der Waals surface area contributed by atoms with Gasteiger partial charge in [0.15, 0.2) is 5.65 Å². The summed E-state index contributed by atoms with van der Waals surface area (Å²) < 4.78 is 48.3. The molecule has 0 aliphatic carbocycles. The van der Waals surface area contributed by atoms with E-state index >= 15 is 0 Å². The predicted molar refractivity (Wildman–Crippen MR) is 161 cm³/mol. The van der Waals surface area contributed by atoms with Gasteiger partial charge in [-0.3, -0.25) is 4.98 Å². The van der Waals surface area contributed by atoms with E-state index in [0.29, 0.717) is 16.9 Å². The lowest BCUT2D eigenvalue weighted by Gasteiger charge is -2.15. The fourth-order valence-electron chi connectivity index (χ4n) is 4.17. The topological polar surface area (TPSA) is 119 Å². The Hall–Kier alpha value is -5.12. The summed E-state index contributed by atoms with van der Waals surface area (Å²) in [5.41, 5.74) is 2.66. The molecule has 0 bridgehead atoms. The van der Waals surface area contributed by atoms with E-state index in [4.69, 9.17) is 4.74 Å². The number of benzene rings is 2. The molecular weight excluding hydrogens is 676 g/mol. The van der Waals surface area contributed by atoms with Gasteiger partial charge < -0.3 is 15.4 Å². The van der Waals surface area contributed by atoms with E-state index in [-0.39, 0.29) is 17.4 Å². The highest BCUT2D eigenvalue weighted by atomic mass is 127. The maximum atomic E-state index is 13.4. The Kier molecular flexibility index (Phi) is 7.58. The number of carbonyl (C=O) groups excluding carboxylic acids is 1. The van der Waals surface area contributed by atoms with Crippen LogP contribution in [0.25, 0.3) is 27.9 Å². The minimum atomic E-state index is -4.59. The number of rotatable bonds is 6. The number of ether oxygens (including phenoxy) is 1. The number of nitrogens with one attached hydrogen (secondary N) is 2. The number of urea groups is 1. The van der Waals surface area contributed by atoms with Crippen LogP contribution < -0.4 is 15.4 Å². The summed E-state index contributed by atoms with van der Waals surface area (Å²) in [6, 6.07) is 14.8. The molecule has 10 nitrogen and oxygen atoms in total. The third kappa shape index (κ3) is 6.38. The van der Waals surface area contributed by atoms with Crippen LogP contribution in [0.4, 0.5) is 29.3 Å². The van der Waals surface area contributed by atoms with Crippen molar-refractivity contribution in [2.75, 3.05) is 10.6 Å². The van der Waals surface area contributed by atoms with Crippen LogP contribution in [0.5, 0.6) is 11.8 Å². The number of halogens is 4. The van der Waals surface area contributed by atoms with Crippen LogP contribution in [-0.4, -0.2) is 35.6 Å². The summed E-state index contributed by atoms with van der Waals surface area (Å²) in [7, 11) is 0. The largest absolute Gasteiger partial charge is 0.424 e. The molecule has 4 heterocycles. The summed E-state index contributed by atoms with van der Waals surface area (Å²) in [6.45, 7) is 0. The standard InChI is InChI=1S/C29H18F3IN8O2/c30-29(31,32)19-5-8-22(18-2-1-10-34-13-18)24(12-19)39-27(42)38-20-14-35-28(36-15-20)43-21-6-3-17(4-7-21)23-16-37-41-11-9-25(33)40-26(23)41/h1-16H,(H2,38,39,42). The first-order valence-electron chi connectivity index (χ1n) is 12.5. The smallest absolute Gasteiger partial charge is 0.416 e. The number of hydrogen-bond acceptors (Lipinski definition) is 7. The maximum Gasteiger partial charge on any atom is 0.416 e. The third-order valence-corrected chi connectivity index (χ3v) is 6.76. The first kappa shape index (κ1) is 28.0. The van der Waals surface area contributed by atoms with Gasteiger partial charge in [0.25, 0.3) is 0 Å². The van der Waals surface area contributed by atoms with E-state index in [1.54, 1.807) is 35.0 Å². The summed E-state index contributed by atoms with van der Waals surface area (Å²) in [6.07, 6.45) is 4.66. The van der Waals surface area contributed by atoms with Crippen LogP contribution in [0, 0.1) is 3.70 Å². The van der Waals surface area contributed by atoms with E-state index in [9.17, 15) is 18.0 Å². The maximum absolute atomic E-state index is 13.4. The molecule has 0 aliphatic rings. The first-order chi connectivity index (χ1) is 20.7. The van der Waals surface area contributed by atoms with Crippen molar-refractivity contribution >= 4 is 45.6 Å².